The summed E-state index contributed by atoms with van der Waals surface area (Å²) in [6, 6.07) is 0. The second-order valence-corrected chi connectivity index (χ2v) is 12.5. The Kier molecular flexibility index (Phi) is 5.13. The predicted molar refractivity (Wildman–Crippen MR) is 135 cm³/mol. The molecule has 6 heteroatoms. The molecular formula is C30H36O6. The molecule has 0 aromatic heterocycles. The maximum atomic E-state index is 13.7. The molecular weight excluding hydrogens is 456 g/mol. The maximum absolute atomic E-state index is 13.7. The van der Waals surface area contributed by atoms with Gasteiger partial charge in [0.15, 0.2) is 11.5 Å². The molecule has 6 atom stereocenters. The highest BCUT2D eigenvalue weighted by atomic mass is 16.5. The molecule has 0 unspecified atom stereocenters. The zero-order chi connectivity index (χ0) is 26.6. The lowest BCUT2D eigenvalue weighted by Crippen LogP contribution is -2.64. The molecule has 192 valence electrons. The van der Waals surface area contributed by atoms with Gasteiger partial charge in [-0.05, 0) is 86.2 Å². The van der Waals surface area contributed by atoms with Gasteiger partial charge in [-0.2, -0.15) is 0 Å². The van der Waals surface area contributed by atoms with Crippen molar-refractivity contribution in [3.63, 3.8) is 0 Å². The second kappa shape index (κ2) is 7.41. The van der Waals surface area contributed by atoms with E-state index in [1.807, 2.05) is 13.0 Å². The van der Waals surface area contributed by atoms with Gasteiger partial charge in [0, 0.05) is 16.4 Å². The topological polar surface area (TPSA) is 101 Å². The van der Waals surface area contributed by atoms with E-state index in [1.54, 1.807) is 19.9 Å². The fourth-order valence-corrected chi connectivity index (χ4v) is 8.34. The summed E-state index contributed by atoms with van der Waals surface area (Å²) in [4.78, 5) is 39.2. The SMILES string of the molecule is COC(=O)[C@@]1(C)C[C@@H]2[C@](C)(CC(C)=C3C4=CC=C5C(=CC(=O)C(O)=C5C)[C@]4(C)CC[C@]32C)C(=O)[C@@H]1O. The molecule has 2 N–H and O–H groups in total. The molecule has 0 aromatic carbocycles. The summed E-state index contributed by atoms with van der Waals surface area (Å²) in [5.74, 6) is -1.56. The fourth-order valence-electron chi connectivity index (χ4n) is 8.34. The number of aliphatic hydroxyl groups is 2. The van der Waals surface area contributed by atoms with Gasteiger partial charge in [0.2, 0.25) is 5.78 Å². The van der Waals surface area contributed by atoms with Crippen LogP contribution in [-0.2, 0) is 19.1 Å². The Labute approximate surface area is 212 Å². The lowest BCUT2D eigenvalue weighted by atomic mass is 9.40. The van der Waals surface area contributed by atoms with E-state index in [-0.39, 0.29) is 23.2 Å². The smallest absolute Gasteiger partial charge is 0.314 e. The zero-order valence-corrected chi connectivity index (χ0v) is 22.2. The Hall–Kier alpha value is -2.73. The Morgan fingerprint density at radius 1 is 1.03 bits per heavy atom. The van der Waals surface area contributed by atoms with E-state index < -0.39 is 33.7 Å². The minimum absolute atomic E-state index is 0.160. The quantitative estimate of drug-likeness (QED) is 0.507. The summed E-state index contributed by atoms with van der Waals surface area (Å²) >= 11 is 0. The van der Waals surface area contributed by atoms with E-state index in [0.29, 0.717) is 18.4 Å². The van der Waals surface area contributed by atoms with Crippen LogP contribution in [0.25, 0.3) is 0 Å². The molecule has 5 rings (SSSR count). The number of Topliss-reactive ketones (excluding diaryl/α,β-unsaturated/α-hetero) is 1. The molecule has 0 amide bonds. The first-order chi connectivity index (χ1) is 16.7. The van der Waals surface area contributed by atoms with Crippen LogP contribution in [-0.4, -0.2) is 41.0 Å². The molecule has 0 heterocycles. The number of aliphatic hydroxyl groups excluding tert-OH is 2. The monoisotopic (exact) mass is 492 g/mol. The Morgan fingerprint density at radius 2 is 1.69 bits per heavy atom. The molecule has 5 aliphatic carbocycles. The lowest BCUT2D eigenvalue weighted by Gasteiger charge is -2.63. The molecule has 0 aromatic rings. The van der Waals surface area contributed by atoms with Crippen molar-refractivity contribution in [2.75, 3.05) is 7.11 Å². The first kappa shape index (κ1) is 24.9. The summed E-state index contributed by atoms with van der Waals surface area (Å²) in [7, 11) is 1.30. The molecule has 2 saturated carbocycles. The second-order valence-electron chi connectivity index (χ2n) is 12.5. The summed E-state index contributed by atoms with van der Waals surface area (Å²) in [5, 5.41) is 21.3. The largest absolute Gasteiger partial charge is 0.504 e. The fraction of sp³-hybridized carbons (Fsp3) is 0.567. The average molecular weight is 493 g/mol. The van der Waals surface area contributed by atoms with Crippen LogP contribution in [0, 0.1) is 27.6 Å². The minimum atomic E-state index is -1.40. The van der Waals surface area contributed by atoms with Crippen LogP contribution < -0.4 is 0 Å². The molecule has 0 aliphatic heterocycles. The molecule has 36 heavy (non-hydrogen) atoms. The molecule has 0 saturated heterocycles. The lowest BCUT2D eigenvalue weighted by molar-refractivity contribution is -0.184. The first-order valence-electron chi connectivity index (χ1n) is 12.8. The van der Waals surface area contributed by atoms with Gasteiger partial charge in [-0.15, -0.1) is 0 Å². The highest BCUT2D eigenvalue weighted by Gasteiger charge is 2.67. The highest BCUT2D eigenvalue weighted by Crippen LogP contribution is 2.70. The number of hydrogen-bond donors (Lipinski definition) is 2. The number of ether oxygens (including phenoxy) is 1. The van der Waals surface area contributed by atoms with Crippen molar-refractivity contribution in [2.24, 2.45) is 27.6 Å². The van der Waals surface area contributed by atoms with Crippen LogP contribution in [0.1, 0.15) is 67.2 Å². The summed E-state index contributed by atoms with van der Waals surface area (Å²) in [5.41, 5.74) is 3.00. The van der Waals surface area contributed by atoms with E-state index in [1.165, 1.54) is 12.7 Å². The zero-order valence-electron chi connectivity index (χ0n) is 22.2. The number of esters is 1. The number of hydrogen-bond acceptors (Lipinski definition) is 6. The number of carbonyl (C=O) groups is 3. The van der Waals surface area contributed by atoms with Crippen molar-refractivity contribution in [3.8, 4) is 0 Å². The van der Waals surface area contributed by atoms with Gasteiger partial charge in [-0.25, -0.2) is 0 Å². The van der Waals surface area contributed by atoms with Crippen molar-refractivity contribution in [3.05, 3.63) is 57.4 Å². The van der Waals surface area contributed by atoms with Crippen molar-refractivity contribution in [2.45, 2.75) is 73.3 Å². The molecule has 0 radical (unpaired) electrons. The Bertz CT molecular complexity index is 1290. The number of fused-ring (bicyclic) bond motifs is 7. The normalized spacial score (nSPS) is 41.9. The van der Waals surface area contributed by atoms with E-state index in [9.17, 15) is 24.6 Å². The van der Waals surface area contributed by atoms with Crippen LogP contribution in [0.5, 0.6) is 0 Å². The minimum Gasteiger partial charge on any atom is -0.504 e. The van der Waals surface area contributed by atoms with Crippen LogP contribution in [0.15, 0.2) is 57.4 Å². The molecule has 0 bridgehead atoms. The van der Waals surface area contributed by atoms with E-state index in [0.717, 1.165) is 35.1 Å². The summed E-state index contributed by atoms with van der Waals surface area (Å²) in [6.45, 7) is 11.8. The van der Waals surface area contributed by atoms with Gasteiger partial charge in [-0.3, -0.25) is 14.4 Å². The highest BCUT2D eigenvalue weighted by molar-refractivity contribution is 6.06. The van der Waals surface area contributed by atoms with Crippen molar-refractivity contribution in [1.29, 1.82) is 0 Å². The van der Waals surface area contributed by atoms with Crippen molar-refractivity contribution < 1.29 is 29.3 Å². The van der Waals surface area contributed by atoms with Crippen LogP contribution >= 0.6 is 0 Å². The van der Waals surface area contributed by atoms with Gasteiger partial charge in [0.1, 0.15) is 6.10 Å². The third-order valence-corrected chi connectivity index (χ3v) is 10.4. The molecule has 5 aliphatic rings. The Balaban J connectivity index is 1.70. The van der Waals surface area contributed by atoms with E-state index in [2.05, 4.69) is 26.8 Å². The molecule has 6 nitrogen and oxygen atoms in total. The van der Waals surface area contributed by atoms with Crippen LogP contribution in [0.2, 0.25) is 0 Å². The maximum Gasteiger partial charge on any atom is 0.314 e. The standard InChI is InChI=1S/C30H36O6/c1-15-13-29(5)21(14-30(6,26(35)36-7)25(34)24(29)33)28(4)11-10-27(3)18(22(15)28)9-8-17-16(2)23(32)20(31)12-19(17)27/h8-9,12,21,25,32,34H,10-11,13-14H2,1-7H3/t21-,25-,27+,28-,29-,30-/m0/s1. The van der Waals surface area contributed by atoms with E-state index >= 15 is 0 Å². The van der Waals surface area contributed by atoms with Crippen LogP contribution in [0.4, 0.5) is 0 Å². The number of rotatable bonds is 1. The van der Waals surface area contributed by atoms with Gasteiger partial charge in [0.25, 0.3) is 0 Å². The molecule has 0 spiro atoms. The van der Waals surface area contributed by atoms with E-state index in [4.69, 9.17) is 4.74 Å². The average Bonchev–Trinajstić information content (AvgIpc) is 2.83. The van der Waals surface area contributed by atoms with Gasteiger partial charge in [-0.1, -0.05) is 38.5 Å². The third kappa shape index (κ3) is 2.79. The summed E-state index contributed by atoms with van der Waals surface area (Å²) in [6.07, 6.45) is 6.69. The number of allylic oxidation sites excluding steroid dienone is 9. The van der Waals surface area contributed by atoms with Gasteiger partial charge < -0.3 is 14.9 Å². The van der Waals surface area contributed by atoms with Gasteiger partial charge >= 0.3 is 5.97 Å². The molecule has 2 fully saturated rings. The Morgan fingerprint density at radius 3 is 2.33 bits per heavy atom. The van der Waals surface area contributed by atoms with Crippen LogP contribution in [0.3, 0.4) is 0 Å². The predicted octanol–water partition coefficient (Wildman–Crippen LogP) is 4.86. The van der Waals surface area contributed by atoms with Crippen molar-refractivity contribution in [1.82, 2.24) is 0 Å². The first-order valence-corrected chi connectivity index (χ1v) is 12.8. The van der Waals surface area contributed by atoms with Crippen molar-refractivity contribution >= 4 is 17.5 Å². The van der Waals surface area contributed by atoms with Gasteiger partial charge in [0.05, 0.1) is 12.5 Å². The number of carbonyl (C=O) groups excluding carboxylic acids is 3. The number of methoxy groups -OCH3 is 1. The number of ketones is 2. The third-order valence-electron chi connectivity index (χ3n) is 10.4. The summed E-state index contributed by atoms with van der Waals surface area (Å²) < 4.78 is 5.06.